The van der Waals surface area contributed by atoms with Gasteiger partial charge in [-0.3, -0.25) is 15.0 Å². The molecule has 0 amide bonds. The molecule has 3 heterocycles. The summed E-state index contributed by atoms with van der Waals surface area (Å²) in [7, 11) is 1.66. The van der Waals surface area contributed by atoms with Crippen molar-refractivity contribution in [3.05, 3.63) is 52.3 Å². The number of carbonyl (C=O) groups excluding carboxylic acids is 2. The number of piperidine rings is 1. The van der Waals surface area contributed by atoms with E-state index >= 15 is 0 Å². The number of benzene rings is 1. The van der Waals surface area contributed by atoms with E-state index in [2.05, 4.69) is 37.8 Å². The highest BCUT2D eigenvalue weighted by Crippen LogP contribution is 2.42. The van der Waals surface area contributed by atoms with Gasteiger partial charge in [0.25, 0.3) is 0 Å². The lowest BCUT2D eigenvalue weighted by Gasteiger charge is -2.33. The predicted molar refractivity (Wildman–Crippen MR) is 136 cm³/mol. The topological polar surface area (TPSA) is 86.6 Å². The first-order valence-electron chi connectivity index (χ1n) is 12.5. The number of ketones is 2. The Hall–Kier alpha value is -3.22. The summed E-state index contributed by atoms with van der Waals surface area (Å²) >= 11 is 0. The molecule has 5 rings (SSSR count). The summed E-state index contributed by atoms with van der Waals surface area (Å²) < 4.78 is 5.86. The van der Waals surface area contributed by atoms with Crippen LogP contribution in [0.4, 0.5) is 5.69 Å². The van der Waals surface area contributed by atoms with Gasteiger partial charge in [-0.15, -0.1) is 0 Å². The predicted octanol–water partition coefficient (Wildman–Crippen LogP) is 4.46. The molecule has 1 N–H and O–H groups in total. The molecule has 1 aromatic carbocycles. The number of rotatable bonds is 6. The molecule has 0 spiro atoms. The highest BCUT2D eigenvalue weighted by atomic mass is 16.5. The molecule has 1 aliphatic carbocycles. The summed E-state index contributed by atoms with van der Waals surface area (Å²) in [5.74, 6) is 1.86. The fourth-order valence-electron chi connectivity index (χ4n) is 5.05. The molecular weight excluding hydrogens is 440 g/mol. The molecule has 2 fully saturated rings. The summed E-state index contributed by atoms with van der Waals surface area (Å²) in [6, 6.07) is 7.98. The van der Waals surface area contributed by atoms with Gasteiger partial charge in [0.2, 0.25) is 0 Å². The Morgan fingerprint density at radius 1 is 1.17 bits per heavy atom. The summed E-state index contributed by atoms with van der Waals surface area (Å²) in [5, 5.41) is 8.68. The Bertz CT molecular complexity index is 1200. The maximum Gasteiger partial charge on any atom is 0.182 e. The van der Waals surface area contributed by atoms with Crippen LogP contribution in [0.25, 0.3) is 0 Å². The first-order valence-corrected chi connectivity index (χ1v) is 12.5. The van der Waals surface area contributed by atoms with E-state index in [4.69, 9.17) is 15.1 Å². The molecule has 1 saturated carbocycles. The van der Waals surface area contributed by atoms with Crippen molar-refractivity contribution < 1.29 is 14.3 Å². The van der Waals surface area contributed by atoms with Crippen molar-refractivity contribution in [2.24, 2.45) is 0 Å². The number of nitrogens with one attached hydrogen (secondary N) is 1. The molecule has 7 nitrogen and oxygen atoms in total. The Kier molecular flexibility index (Phi) is 5.90. The number of nitrogens with zero attached hydrogens (tertiary/aromatic N) is 3. The van der Waals surface area contributed by atoms with Crippen LogP contribution in [0.15, 0.2) is 24.3 Å². The lowest BCUT2D eigenvalue weighted by atomic mass is 9.84. The standard InChI is InChI=1S/C28H34N4O3/c1-28(2,3)21-13-19(14-23(26(21)35-4)31-11-9-20(33)10-12-31)24(34)16-32-15-18-7-8-22(17-5-6-17)30-25(18)27(32)29/h7-8,13-14,17,29H,5-6,9-12,15-16H2,1-4H3. The van der Waals surface area contributed by atoms with Crippen LogP contribution < -0.4 is 9.64 Å². The lowest BCUT2D eigenvalue weighted by molar-refractivity contribution is -0.119. The van der Waals surface area contributed by atoms with Gasteiger partial charge in [-0.05, 0) is 36.5 Å². The molecule has 2 aliphatic heterocycles. The van der Waals surface area contributed by atoms with Crippen molar-refractivity contribution in [2.75, 3.05) is 31.6 Å². The fourth-order valence-corrected chi connectivity index (χ4v) is 5.05. The van der Waals surface area contributed by atoms with Crippen LogP contribution in [0.3, 0.4) is 0 Å². The van der Waals surface area contributed by atoms with Crippen molar-refractivity contribution in [3.63, 3.8) is 0 Å². The first-order chi connectivity index (χ1) is 16.7. The lowest BCUT2D eigenvalue weighted by Crippen LogP contribution is -2.35. The number of hydrogen-bond acceptors (Lipinski definition) is 6. The molecular formula is C28H34N4O3. The Morgan fingerprint density at radius 3 is 2.51 bits per heavy atom. The molecule has 0 atom stereocenters. The van der Waals surface area contributed by atoms with Gasteiger partial charge < -0.3 is 14.5 Å². The maximum atomic E-state index is 13.6. The molecule has 184 valence electrons. The number of hydrogen-bond donors (Lipinski definition) is 1. The SMILES string of the molecule is COc1c(N2CCC(=O)CC2)cc(C(=O)CN2Cc3ccc(C4CC4)nc3C2=N)cc1C(C)(C)C. The quantitative estimate of drug-likeness (QED) is 0.622. The molecule has 1 aromatic heterocycles. The number of carbonyl (C=O) groups is 2. The molecule has 35 heavy (non-hydrogen) atoms. The molecule has 1 saturated heterocycles. The van der Waals surface area contributed by atoms with Crippen molar-refractivity contribution in [1.82, 2.24) is 9.88 Å². The third-order valence-corrected chi connectivity index (χ3v) is 7.30. The second kappa shape index (κ2) is 8.77. The molecule has 3 aliphatic rings. The van der Waals surface area contributed by atoms with E-state index in [0.717, 1.165) is 28.3 Å². The van der Waals surface area contributed by atoms with Crippen LogP contribution in [0.1, 0.15) is 85.2 Å². The zero-order valence-corrected chi connectivity index (χ0v) is 21.1. The van der Waals surface area contributed by atoms with Crippen LogP contribution in [0.2, 0.25) is 0 Å². The van der Waals surface area contributed by atoms with Crippen LogP contribution in [0, 0.1) is 5.41 Å². The minimum absolute atomic E-state index is 0.0348. The molecule has 0 bridgehead atoms. The summed E-state index contributed by atoms with van der Waals surface area (Å²) in [6.45, 7) is 8.23. The number of pyridine rings is 1. The molecule has 0 unspecified atom stereocenters. The van der Waals surface area contributed by atoms with E-state index in [1.165, 1.54) is 12.8 Å². The Morgan fingerprint density at radius 2 is 1.89 bits per heavy atom. The smallest absolute Gasteiger partial charge is 0.182 e. The third kappa shape index (κ3) is 4.56. The van der Waals surface area contributed by atoms with E-state index in [1.54, 1.807) is 7.11 Å². The molecule has 7 heteroatoms. The minimum Gasteiger partial charge on any atom is -0.494 e. The van der Waals surface area contributed by atoms with Gasteiger partial charge in [0.15, 0.2) is 5.78 Å². The number of aromatic nitrogens is 1. The van der Waals surface area contributed by atoms with Crippen molar-refractivity contribution in [1.29, 1.82) is 5.41 Å². The van der Waals surface area contributed by atoms with Gasteiger partial charge in [-0.1, -0.05) is 26.8 Å². The van der Waals surface area contributed by atoms with Crippen LogP contribution in [0.5, 0.6) is 5.75 Å². The minimum atomic E-state index is -0.234. The van der Waals surface area contributed by atoms with Gasteiger partial charge in [0.1, 0.15) is 23.1 Å². The number of methoxy groups -OCH3 is 1. The second-order valence-corrected chi connectivity index (χ2v) is 11.0. The summed E-state index contributed by atoms with van der Waals surface area (Å²) in [4.78, 5) is 34.1. The number of Topliss-reactive ketones (excluding diaryl/α,β-unsaturated/α-hetero) is 2. The Balaban J connectivity index is 1.43. The normalized spacial score (nSPS) is 18.2. The van der Waals surface area contributed by atoms with Crippen molar-refractivity contribution >= 4 is 23.1 Å². The number of amidine groups is 1. The van der Waals surface area contributed by atoms with Gasteiger partial charge in [-0.2, -0.15) is 0 Å². The fraction of sp³-hybridized carbons (Fsp3) is 0.500. The van der Waals surface area contributed by atoms with Crippen LogP contribution in [-0.4, -0.2) is 54.0 Å². The highest BCUT2D eigenvalue weighted by Gasteiger charge is 2.32. The van der Waals surface area contributed by atoms with Gasteiger partial charge in [0.05, 0.1) is 19.3 Å². The Labute approximate surface area is 207 Å². The largest absolute Gasteiger partial charge is 0.494 e. The zero-order valence-electron chi connectivity index (χ0n) is 21.1. The van der Waals surface area contributed by atoms with Gasteiger partial charge >= 0.3 is 0 Å². The number of fused-ring (bicyclic) bond motifs is 1. The average Bonchev–Trinajstić information content (AvgIpc) is 3.63. The van der Waals surface area contributed by atoms with E-state index in [9.17, 15) is 9.59 Å². The zero-order chi connectivity index (χ0) is 24.9. The monoisotopic (exact) mass is 474 g/mol. The van der Waals surface area contributed by atoms with Crippen molar-refractivity contribution in [2.45, 2.75) is 64.3 Å². The molecule has 2 aromatic rings. The van der Waals surface area contributed by atoms with Gasteiger partial charge in [-0.25, -0.2) is 4.98 Å². The summed E-state index contributed by atoms with van der Waals surface area (Å²) in [5.41, 5.74) is 5.00. The summed E-state index contributed by atoms with van der Waals surface area (Å²) in [6.07, 6.45) is 3.35. The second-order valence-electron chi connectivity index (χ2n) is 11.0. The van der Waals surface area contributed by atoms with Crippen LogP contribution in [-0.2, 0) is 16.8 Å². The number of ether oxygens (including phenoxy) is 1. The third-order valence-electron chi connectivity index (χ3n) is 7.30. The number of anilines is 1. The van der Waals surface area contributed by atoms with E-state index in [1.807, 2.05) is 17.0 Å². The highest BCUT2D eigenvalue weighted by molar-refractivity contribution is 6.05. The van der Waals surface area contributed by atoms with E-state index in [-0.39, 0.29) is 23.5 Å². The van der Waals surface area contributed by atoms with E-state index < -0.39 is 0 Å². The van der Waals surface area contributed by atoms with E-state index in [0.29, 0.717) is 55.5 Å². The van der Waals surface area contributed by atoms with Crippen LogP contribution >= 0.6 is 0 Å². The first kappa shape index (κ1) is 23.5. The average molecular weight is 475 g/mol. The maximum absolute atomic E-state index is 13.6. The van der Waals surface area contributed by atoms with Crippen molar-refractivity contribution in [3.8, 4) is 5.75 Å². The van der Waals surface area contributed by atoms with Gasteiger partial charge in [0, 0.05) is 60.8 Å². The molecule has 0 radical (unpaired) electrons.